The highest BCUT2D eigenvalue weighted by atomic mass is 35.5. The van der Waals surface area contributed by atoms with Crippen LogP contribution in [0, 0.1) is 11.6 Å². The van der Waals surface area contributed by atoms with Crippen molar-refractivity contribution in [2.45, 2.75) is 6.54 Å². The van der Waals surface area contributed by atoms with Gasteiger partial charge in [0.2, 0.25) is 0 Å². The molecule has 0 fully saturated rings. The molecule has 0 aliphatic carbocycles. The number of carbonyl (C=O) groups is 1. The van der Waals surface area contributed by atoms with Crippen molar-refractivity contribution in [3.05, 3.63) is 69.6 Å². The van der Waals surface area contributed by atoms with E-state index in [1.165, 1.54) is 40.5 Å². The minimum absolute atomic E-state index is 0.0427. The highest BCUT2D eigenvalue weighted by Gasteiger charge is 2.18. The highest BCUT2D eigenvalue weighted by Crippen LogP contribution is 2.29. The van der Waals surface area contributed by atoms with E-state index in [0.717, 1.165) is 0 Å². The van der Waals surface area contributed by atoms with Crippen molar-refractivity contribution >= 4 is 38.9 Å². The predicted molar refractivity (Wildman–Crippen MR) is 89.0 cm³/mol. The molecule has 0 bridgehead atoms. The monoisotopic (exact) mass is 351 g/mol. The van der Waals surface area contributed by atoms with Gasteiger partial charge < -0.3 is 4.90 Å². The number of thiophene rings is 1. The lowest BCUT2D eigenvalue weighted by atomic mass is 10.2. The molecule has 118 valence electrons. The second kappa shape index (κ2) is 6.26. The summed E-state index contributed by atoms with van der Waals surface area (Å²) in [7, 11) is 1.56. The maximum atomic E-state index is 13.8. The lowest BCUT2D eigenvalue weighted by Gasteiger charge is -2.17. The van der Waals surface area contributed by atoms with Gasteiger partial charge in [0.1, 0.15) is 11.6 Å². The molecule has 0 saturated carbocycles. The van der Waals surface area contributed by atoms with Gasteiger partial charge in [0.15, 0.2) is 0 Å². The maximum absolute atomic E-state index is 13.8. The number of rotatable bonds is 3. The van der Waals surface area contributed by atoms with Crippen LogP contribution in [-0.2, 0) is 6.54 Å². The van der Waals surface area contributed by atoms with Gasteiger partial charge in [-0.1, -0.05) is 23.7 Å². The van der Waals surface area contributed by atoms with Gasteiger partial charge >= 0.3 is 0 Å². The van der Waals surface area contributed by atoms with E-state index in [1.54, 1.807) is 25.2 Å². The molecule has 1 amide bonds. The Kier molecular flexibility index (Phi) is 4.33. The molecule has 6 heteroatoms. The number of hydrogen-bond acceptors (Lipinski definition) is 2. The molecule has 0 N–H and O–H groups in total. The molecule has 2 aromatic carbocycles. The zero-order valence-corrected chi connectivity index (χ0v) is 13.7. The largest absolute Gasteiger partial charge is 0.337 e. The molecular weight excluding hydrogens is 340 g/mol. The number of hydrogen-bond donors (Lipinski definition) is 0. The fourth-order valence-electron chi connectivity index (χ4n) is 2.31. The zero-order chi connectivity index (χ0) is 16.6. The number of carbonyl (C=O) groups excluding carboxylic acids is 1. The van der Waals surface area contributed by atoms with Crippen LogP contribution in [0.3, 0.4) is 0 Å². The Hall–Kier alpha value is -1.98. The Morgan fingerprint density at radius 1 is 1.17 bits per heavy atom. The first-order valence-electron chi connectivity index (χ1n) is 6.84. The van der Waals surface area contributed by atoms with Crippen molar-refractivity contribution in [2.75, 3.05) is 7.05 Å². The summed E-state index contributed by atoms with van der Waals surface area (Å²) in [6, 6.07) is 10.6. The van der Waals surface area contributed by atoms with Crippen molar-refractivity contribution in [2.24, 2.45) is 0 Å². The minimum Gasteiger partial charge on any atom is -0.337 e. The quantitative estimate of drug-likeness (QED) is 0.642. The van der Waals surface area contributed by atoms with Crippen LogP contribution in [0.15, 0.2) is 42.5 Å². The summed E-state index contributed by atoms with van der Waals surface area (Å²) < 4.78 is 28.3. The molecule has 2 nitrogen and oxygen atoms in total. The number of amides is 1. The van der Waals surface area contributed by atoms with Gasteiger partial charge in [-0.3, -0.25) is 4.79 Å². The number of halogens is 3. The Morgan fingerprint density at radius 3 is 2.57 bits per heavy atom. The van der Waals surface area contributed by atoms with E-state index in [-0.39, 0.29) is 28.9 Å². The normalized spacial score (nSPS) is 11.0. The van der Waals surface area contributed by atoms with Crippen LogP contribution >= 0.6 is 22.9 Å². The number of fused-ring (bicyclic) bond motifs is 1. The minimum atomic E-state index is -0.459. The Balaban J connectivity index is 1.88. The molecule has 1 aromatic heterocycles. The van der Waals surface area contributed by atoms with Gasteiger partial charge in [-0.05, 0) is 30.3 Å². The average molecular weight is 352 g/mol. The first-order valence-corrected chi connectivity index (χ1v) is 8.03. The summed E-state index contributed by atoms with van der Waals surface area (Å²) >= 11 is 7.19. The SMILES string of the molecule is CN(Cc1c(F)cccc1Cl)C(=O)c1cc2c(F)cccc2s1. The molecule has 0 atom stereocenters. The summed E-state index contributed by atoms with van der Waals surface area (Å²) in [5.74, 6) is -1.12. The van der Waals surface area contributed by atoms with Gasteiger partial charge in [0.05, 0.1) is 11.4 Å². The van der Waals surface area contributed by atoms with E-state index in [4.69, 9.17) is 11.6 Å². The second-order valence-corrected chi connectivity index (χ2v) is 6.61. The first-order chi connectivity index (χ1) is 11.0. The summed E-state index contributed by atoms with van der Waals surface area (Å²) in [6.07, 6.45) is 0. The first kappa shape index (κ1) is 15.9. The van der Waals surface area contributed by atoms with Crippen LogP contribution in [0.4, 0.5) is 8.78 Å². The summed E-state index contributed by atoms with van der Waals surface area (Å²) in [6.45, 7) is 0.0427. The number of benzene rings is 2. The molecule has 0 spiro atoms. The van der Waals surface area contributed by atoms with E-state index in [1.807, 2.05) is 0 Å². The molecular formula is C17H12ClF2NOS. The lowest BCUT2D eigenvalue weighted by molar-refractivity contribution is 0.0789. The predicted octanol–water partition coefficient (Wildman–Crippen LogP) is 5.11. The molecule has 0 saturated heterocycles. The van der Waals surface area contributed by atoms with Gasteiger partial charge in [0.25, 0.3) is 5.91 Å². The highest BCUT2D eigenvalue weighted by molar-refractivity contribution is 7.20. The van der Waals surface area contributed by atoms with E-state index >= 15 is 0 Å². The van der Waals surface area contributed by atoms with Crippen molar-refractivity contribution in [1.29, 1.82) is 0 Å². The standard InChI is InChI=1S/C17H12ClF2NOS/c1-21(9-11-12(18)4-2-5-14(11)20)17(22)16-8-10-13(19)6-3-7-15(10)23-16/h2-8H,9H2,1H3. The van der Waals surface area contributed by atoms with Crippen LogP contribution in [0.25, 0.3) is 10.1 Å². The molecule has 3 aromatic rings. The molecule has 0 radical (unpaired) electrons. The lowest BCUT2D eigenvalue weighted by Crippen LogP contribution is -2.26. The molecule has 1 heterocycles. The summed E-state index contributed by atoms with van der Waals surface area (Å²) in [5.41, 5.74) is 0.261. The van der Waals surface area contributed by atoms with Crippen LogP contribution in [-0.4, -0.2) is 17.9 Å². The Morgan fingerprint density at radius 2 is 1.87 bits per heavy atom. The van der Waals surface area contributed by atoms with Gasteiger partial charge in [0, 0.05) is 27.7 Å². The van der Waals surface area contributed by atoms with Crippen LogP contribution in [0.1, 0.15) is 15.2 Å². The zero-order valence-electron chi connectivity index (χ0n) is 12.1. The van der Waals surface area contributed by atoms with Crippen LogP contribution in [0.2, 0.25) is 5.02 Å². The van der Waals surface area contributed by atoms with E-state index in [9.17, 15) is 13.6 Å². The molecule has 0 aliphatic heterocycles. The molecule has 23 heavy (non-hydrogen) atoms. The van der Waals surface area contributed by atoms with Crippen molar-refractivity contribution in [3.63, 3.8) is 0 Å². The topological polar surface area (TPSA) is 20.3 Å². The Labute approximate surface area is 140 Å². The molecule has 3 rings (SSSR count). The molecule has 0 aliphatic rings. The summed E-state index contributed by atoms with van der Waals surface area (Å²) in [4.78, 5) is 14.3. The third-order valence-electron chi connectivity index (χ3n) is 3.52. The van der Waals surface area contributed by atoms with Crippen molar-refractivity contribution in [1.82, 2.24) is 4.90 Å². The Bertz CT molecular complexity index is 873. The fraction of sp³-hybridized carbons (Fsp3) is 0.118. The number of nitrogens with zero attached hydrogens (tertiary/aromatic N) is 1. The molecule has 0 unspecified atom stereocenters. The van der Waals surface area contributed by atoms with Gasteiger partial charge in [-0.15, -0.1) is 11.3 Å². The van der Waals surface area contributed by atoms with Crippen molar-refractivity contribution < 1.29 is 13.6 Å². The van der Waals surface area contributed by atoms with Gasteiger partial charge in [-0.2, -0.15) is 0 Å². The van der Waals surface area contributed by atoms with Gasteiger partial charge in [-0.25, -0.2) is 8.78 Å². The maximum Gasteiger partial charge on any atom is 0.264 e. The van der Waals surface area contributed by atoms with Crippen LogP contribution < -0.4 is 0 Å². The van der Waals surface area contributed by atoms with E-state index in [0.29, 0.717) is 15.0 Å². The third kappa shape index (κ3) is 3.07. The second-order valence-electron chi connectivity index (χ2n) is 5.12. The van der Waals surface area contributed by atoms with E-state index in [2.05, 4.69) is 0 Å². The smallest absolute Gasteiger partial charge is 0.264 e. The average Bonchev–Trinajstić information content (AvgIpc) is 2.95. The third-order valence-corrected chi connectivity index (χ3v) is 4.97. The fourth-order valence-corrected chi connectivity index (χ4v) is 3.60. The van der Waals surface area contributed by atoms with Crippen molar-refractivity contribution in [3.8, 4) is 0 Å². The summed E-state index contributed by atoms with van der Waals surface area (Å²) in [5, 5.41) is 0.685. The van der Waals surface area contributed by atoms with E-state index < -0.39 is 5.82 Å². The van der Waals surface area contributed by atoms with Crippen LogP contribution in [0.5, 0.6) is 0 Å².